The first-order chi connectivity index (χ1) is 5.61. The summed E-state index contributed by atoms with van der Waals surface area (Å²) in [6.45, 7) is 3.05. The second-order valence-corrected chi connectivity index (χ2v) is 2.85. The van der Waals surface area contributed by atoms with Crippen molar-refractivity contribution in [1.82, 2.24) is 10.9 Å². The Morgan fingerprint density at radius 2 is 1.83 bits per heavy atom. The van der Waals surface area contributed by atoms with Crippen LogP contribution in [0.4, 0.5) is 0 Å². The Balaban J connectivity index is 3.69. The predicted molar refractivity (Wildman–Crippen MR) is 44.1 cm³/mol. The second-order valence-electron chi connectivity index (χ2n) is 2.85. The van der Waals surface area contributed by atoms with Crippen LogP contribution in [0.25, 0.3) is 0 Å². The average molecular weight is 176 g/mol. The summed E-state index contributed by atoms with van der Waals surface area (Å²) in [5, 5.41) is 17.2. The van der Waals surface area contributed by atoms with Gasteiger partial charge in [-0.2, -0.15) is 0 Å². The van der Waals surface area contributed by atoms with Gasteiger partial charge >= 0.3 is 0 Å². The molecule has 0 heterocycles. The van der Waals surface area contributed by atoms with Crippen molar-refractivity contribution in [2.45, 2.75) is 19.9 Å². The van der Waals surface area contributed by atoms with Crippen LogP contribution in [-0.2, 0) is 4.79 Å². The van der Waals surface area contributed by atoms with Crippen LogP contribution in [0.5, 0.6) is 0 Å². The van der Waals surface area contributed by atoms with Crippen molar-refractivity contribution in [3.05, 3.63) is 0 Å². The van der Waals surface area contributed by atoms with Gasteiger partial charge in [-0.1, -0.05) is 0 Å². The summed E-state index contributed by atoms with van der Waals surface area (Å²) in [5.41, 5.74) is 5.05. The minimum atomic E-state index is -0.740. The maximum atomic E-state index is 11.0. The van der Waals surface area contributed by atoms with Crippen LogP contribution in [0.2, 0.25) is 0 Å². The maximum Gasteiger partial charge on any atom is 0.241 e. The van der Waals surface area contributed by atoms with Crippen LogP contribution in [0.1, 0.15) is 13.8 Å². The molecule has 0 unspecified atom stereocenters. The zero-order chi connectivity index (χ0) is 9.56. The molecule has 0 rings (SSSR count). The number of hydrogen-bond donors (Lipinski definition) is 4. The van der Waals surface area contributed by atoms with Crippen molar-refractivity contribution < 1.29 is 15.0 Å². The average Bonchev–Trinajstić information content (AvgIpc) is 2.03. The molecule has 0 aliphatic heterocycles. The van der Waals surface area contributed by atoms with E-state index in [0.717, 1.165) is 0 Å². The Morgan fingerprint density at radius 3 is 2.17 bits per heavy atom. The number of aliphatic hydroxyl groups excluding tert-OH is 2. The number of carbonyl (C=O) groups is 1. The molecule has 0 fully saturated rings. The molecular formula is C7H16N2O3. The van der Waals surface area contributed by atoms with Crippen molar-refractivity contribution in [2.75, 3.05) is 13.2 Å². The highest BCUT2D eigenvalue weighted by Crippen LogP contribution is 1.91. The maximum absolute atomic E-state index is 11.0. The van der Waals surface area contributed by atoms with Crippen LogP contribution in [0, 0.1) is 5.92 Å². The van der Waals surface area contributed by atoms with Gasteiger partial charge in [0.15, 0.2) is 0 Å². The highest BCUT2D eigenvalue weighted by atomic mass is 16.3. The summed E-state index contributed by atoms with van der Waals surface area (Å²) < 4.78 is 0. The molecular weight excluding hydrogens is 160 g/mol. The molecule has 4 N–H and O–H groups in total. The molecule has 0 aromatic heterocycles. The lowest BCUT2D eigenvalue weighted by molar-refractivity contribution is -0.128. The minimum absolute atomic E-state index is 0.131. The van der Waals surface area contributed by atoms with Crippen LogP contribution < -0.4 is 10.9 Å². The van der Waals surface area contributed by atoms with Gasteiger partial charge in [0, 0.05) is 6.04 Å². The fraction of sp³-hybridized carbons (Fsp3) is 0.857. The van der Waals surface area contributed by atoms with Crippen molar-refractivity contribution in [1.29, 1.82) is 0 Å². The fourth-order valence-electron chi connectivity index (χ4n) is 0.541. The van der Waals surface area contributed by atoms with E-state index in [9.17, 15) is 4.79 Å². The Kier molecular flexibility index (Phi) is 5.61. The molecule has 5 heteroatoms. The highest BCUT2D eigenvalue weighted by Gasteiger charge is 2.15. The lowest BCUT2D eigenvalue weighted by Gasteiger charge is -2.14. The molecule has 0 saturated carbocycles. The number of aliphatic hydroxyl groups is 2. The number of carbonyl (C=O) groups excluding carboxylic acids is 1. The first-order valence-electron chi connectivity index (χ1n) is 3.89. The molecule has 0 aromatic rings. The fourth-order valence-corrected chi connectivity index (χ4v) is 0.541. The van der Waals surface area contributed by atoms with E-state index in [0.29, 0.717) is 0 Å². The number of hydrogen-bond acceptors (Lipinski definition) is 4. The molecule has 72 valence electrons. The Bertz CT molecular complexity index is 135. The molecule has 0 atom stereocenters. The van der Waals surface area contributed by atoms with E-state index in [-0.39, 0.29) is 19.3 Å². The molecule has 0 bridgehead atoms. The number of amides is 1. The van der Waals surface area contributed by atoms with Gasteiger partial charge in [-0.25, -0.2) is 5.43 Å². The topological polar surface area (TPSA) is 81.6 Å². The van der Waals surface area contributed by atoms with Crippen LogP contribution >= 0.6 is 0 Å². The third-order valence-electron chi connectivity index (χ3n) is 1.30. The Morgan fingerprint density at radius 1 is 1.33 bits per heavy atom. The van der Waals surface area contributed by atoms with Crippen molar-refractivity contribution in [3.63, 3.8) is 0 Å². The van der Waals surface area contributed by atoms with Gasteiger partial charge in [0.2, 0.25) is 5.91 Å². The number of hydrazine groups is 1. The van der Waals surface area contributed by atoms with Gasteiger partial charge in [-0.05, 0) is 13.8 Å². The summed E-state index contributed by atoms with van der Waals surface area (Å²) in [6, 6.07) is 0.131. The SMILES string of the molecule is CC(C)NNC(=O)C(CO)CO. The van der Waals surface area contributed by atoms with Gasteiger partial charge in [0.25, 0.3) is 0 Å². The number of rotatable bonds is 5. The van der Waals surface area contributed by atoms with E-state index in [4.69, 9.17) is 10.2 Å². The molecule has 0 saturated heterocycles. The van der Waals surface area contributed by atoms with E-state index in [1.54, 1.807) is 0 Å². The van der Waals surface area contributed by atoms with E-state index < -0.39 is 11.8 Å². The van der Waals surface area contributed by atoms with Crippen molar-refractivity contribution in [3.8, 4) is 0 Å². The molecule has 5 nitrogen and oxygen atoms in total. The summed E-state index contributed by atoms with van der Waals surface area (Å²) in [4.78, 5) is 11.0. The van der Waals surface area contributed by atoms with Crippen molar-refractivity contribution >= 4 is 5.91 Å². The Labute approximate surface area is 71.7 Å². The van der Waals surface area contributed by atoms with Crippen LogP contribution in [0.3, 0.4) is 0 Å². The van der Waals surface area contributed by atoms with E-state index in [2.05, 4.69) is 10.9 Å². The zero-order valence-electron chi connectivity index (χ0n) is 7.37. The minimum Gasteiger partial charge on any atom is -0.395 e. The normalized spacial score (nSPS) is 10.8. The van der Waals surface area contributed by atoms with E-state index in [1.165, 1.54) is 0 Å². The molecule has 0 spiro atoms. The third kappa shape index (κ3) is 4.27. The second kappa shape index (κ2) is 5.93. The largest absolute Gasteiger partial charge is 0.395 e. The summed E-state index contributed by atoms with van der Waals surface area (Å²) in [5.74, 6) is -1.13. The highest BCUT2D eigenvalue weighted by molar-refractivity contribution is 5.78. The lowest BCUT2D eigenvalue weighted by Crippen LogP contribution is -2.46. The molecule has 1 amide bonds. The van der Waals surface area contributed by atoms with Gasteiger partial charge < -0.3 is 10.2 Å². The van der Waals surface area contributed by atoms with Crippen molar-refractivity contribution in [2.24, 2.45) is 5.92 Å². The van der Waals surface area contributed by atoms with Gasteiger partial charge in [-0.3, -0.25) is 10.2 Å². The van der Waals surface area contributed by atoms with E-state index in [1.807, 2.05) is 13.8 Å². The van der Waals surface area contributed by atoms with Gasteiger partial charge in [0.05, 0.1) is 19.1 Å². The van der Waals surface area contributed by atoms with Crippen LogP contribution in [0.15, 0.2) is 0 Å². The molecule has 0 aliphatic carbocycles. The third-order valence-corrected chi connectivity index (χ3v) is 1.30. The smallest absolute Gasteiger partial charge is 0.241 e. The molecule has 12 heavy (non-hydrogen) atoms. The summed E-state index contributed by atoms with van der Waals surface area (Å²) >= 11 is 0. The molecule has 0 radical (unpaired) electrons. The number of nitrogens with one attached hydrogen (secondary N) is 2. The molecule has 0 aromatic carbocycles. The van der Waals surface area contributed by atoms with E-state index >= 15 is 0 Å². The summed E-state index contributed by atoms with van der Waals surface area (Å²) in [7, 11) is 0. The standard InChI is InChI=1S/C7H16N2O3/c1-5(2)8-9-7(12)6(3-10)4-11/h5-6,8,10-11H,3-4H2,1-2H3,(H,9,12). The molecule has 0 aliphatic rings. The van der Waals surface area contributed by atoms with Crippen LogP contribution in [-0.4, -0.2) is 35.4 Å². The van der Waals surface area contributed by atoms with Gasteiger partial charge in [-0.15, -0.1) is 0 Å². The zero-order valence-corrected chi connectivity index (χ0v) is 7.37. The first kappa shape index (κ1) is 11.4. The predicted octanol–water partition coefficient (Wildman–Crippen LogP) is -1.38. The Hall–Kier alpha value is -0.650. The summed E-state index contributed by atoms with van der Waals surface area (Å²) in [6.07, 6.45) is 0. The lowest BCUT2D eigenvalue weighted by atomic mass is 10.2. The first-order valence-corrected chi connectivity index (χ1v) is 3.89. The quantitative estimate of drug-likeness (QED) is 0.389. The van der Waals surface area contributed by atoms with Gasteiger partial charge in [0.1, 0.15) is 0 Å². The monoisotopic (exact) mass is 176 g/mol.